The fourth-order valence-corrected chi connectivity index (χ4v) is 12.2. The van der Waals surface area contributed by atoms with Crippen molar-refractivity contribution in [2.24, 2.45) is 11.3 Å². The number of piperazine rings is 1. The van der Waals surface area contributed by atoms with Gasteiger partial charge in [-0.15, -0.1) is 0 Å². The Morgan fingerprint density at radius 3 is 2.35 bits per heavy atom. The second-order valence-electron chi connectivity index (χ2n) is 24.3. The lowest BCUT2D eigenvalue weighted by Crippen LogP contribution is -2.61. The van der Waals surface area contributed by atoms with Crippen molar-refractivity contribution in [3.8, 4) is 5.75 Å². The van der Waals surface area contributed by atoms with E-state index in [-0.39, 0.29) is 96.9 Å². The van der Waals surface area contributed by atoms with Crippen LogP contribution in [0.3, 0.4) is 0 Å². The number of likely N-dealkylation sites (N-methyl/N-ethyl adjacent to an activating group) is 1. The highest BCUT2D eigenvalue weighted by Gasteiger charge is 2.43. The minimum Gasteiger partial charge on any atom is -0.486 e. The van der Waals surface area contributed by atoms with Crippen molar-refractivity contribution in [1.29, 1.82) is 0 Å². The Kier molecular flexibility index (Phi) is 18.7. The van der Waals surface area contributed by atoms with Crippen molar-refractivity contribution < 1.29 is 33.5 Å². The molecule has 2 aliphatic carbocycles. The molecule has 4 atom stereocenters. The number of aromatic nitrogens is 4. The molecule has 2 N–H and O–H groups in total. The molecule has 0 unspecified atom stereocenters. The number of hydrogen-bond acceptors (Lipinski definition) is 13. The number of fused-ring (bicyclic) bond motifs is 3. The normalized spacial score (nSPS) is 18.2. The van der Waals surface area contributed by atoms with Crippen LogP contribution in [0.15, 0.2) is 71.8 Å². The molecule has 3 aromatic heterocycles. The monoisotopic (exact) mass is 1120 g/mol. The van der Waals surface area contributed by atoms with Crippen molar-refractivity contribution in [2.45, 2.75) is 156 Å². The number of hydrogen-bond donors (Lipinski definition) is 2. The second kappa shape index (κ2) is 25.8. The summed E-state index contributed by atoms with van der Waals surface area (Å²) in [5.41, 5.74) is 6.27. The van der Waals surface area contributed by atoms with Gasteiger partial charge in [-0.2, -0.15) is 0 Å². The molecule has 5 heterocycles. The molecule has 18 heteroatoms. The van der Waals surface area contributed by atoms with Crippen LogP contribution in [-0.4, -0.2) is 134 Å². The van der Waals surface area contributed by atoms with Crippen molar-refractivity contribution >= 4 is 51.9 Å². The van der Waals surface area contributed by atoms with Gasteiger partial charge in [-0.3, -0.25) is 48.0 Å². The van der Waals surface area contributed by atoms with Crippen LogP contribution in [0, 0.1) is 18.3 Å². The molecule has 4 amide bonds. The van der Waals surface area contributed by atoms with Gasteiger partial charge in [0.1, 0.15) is 35.9 Å². The van der Waals surface area contributed by atoms with E-state index >= 15 is 0 Å². The number of aryl methyl sites for hydroxylation is 2. The zero-order valence-electron chi connectivity index (χ0n) is 49.2. The number of ether oxygens (including phenoxy) is 1. The first-order chi connectivity index (χ1) is 39.3. The molecule has 82 heavy (non-hydrogen) atoms. The quantitative estimate of drug-likeness (QED) is 0.0728. The second-order valence-corrected chi connectivity index (χ2v) is 24.3. The highest BCUT2D eigenvalue weighted by molar-refractivity contribution is 5.99. The number of benzene rings is 2. The Morgan fingerprint density at radius 2 is 1.65 bits per heavy atom. The summed E-state index contributed by atoms with van der Waals surface area (Å²) in [5, 5.41) is 7.06. The maximum absolute atomic E-state index is 14.8. The summed E-state index contributed by atoms with van der Waals surface area (Å²) in [7, 11) is 1.89. The number of nitrogens with one attached hydrogen (secondary N) is 2. The van der Waals surface area contributed by atoms with E-state index < -0.39 is 17.5 Å². The van der Waals surface area contributed by atoms with Gasteiger partial charge < -0.3 is 30.1 Å². The number of pyridine rings is 2. The van der Waals surface area contributed by atoms with Crippen molar-refractivity contribution in [3.63, 3.8) is 0 Å². The Hall–Kier alpha value is -7.34. The third-order valence-electron chi connectivity index (χ3n) is 17.3. The molecule has 18 nitrogen and oxygen atoms in total. The number of amides is 4. The molecule has 9 rings (SSSR count). The van der Waals surface area contributed by atoms with E-state index in [0.29, 0.717) is 74.8 Å². The lowest BCUT2D eigenvalue weighted by molar-refractivity contribution is -0.147. The van der Waals surface area contributed by atoms with E-state index in [0.717, 1.165) is 78.4 Å². The van der Waals surface area contributed by atoms with E-state index in [2.05, 4.69) is 32.7 Å². The van der Waals surface area contributed by atoms with Crippen molar-refractivity contribution in [2.75, 3.05) is 57.8 Å². The highest BCUT2D eigenvalue weighted by atomic mass is 16.5. The van der Waals surface area contributed by atoms with Crippen LogP contribution in [-0.2, 0) is 49.8 Å². The molecule has 0 radical (unpaired) electrons. The van der Waals surface area contributed by atoms with Crippen LogP contribution in [0.4, 0.5) is 5.69 Å². The molecule has 5 aromatic rings. The maximum Gasteiger partial charge on any atom is 0.263 e. The first-order valence-electron chi connectivity index (χ1n) is 29.6. The molecular formula is C64H82N10O8. The molecule has 2 aromatic carbocycles. The Bertz CT molecular complexity index is 3250. The van der Waals surface area contributed by atoms with Crippen LogP contribution in [0.25, 0.3) is 11.0 Å². The number of carbonyl (C=O) groups excluding carboxylic acids is 6. The number of nitrogens with zero attached hydrogens (tertiary/aromatic N) is 8. The van der Waals surface area contributed by atoms with Gasteiger partial charge in [-0.1, -0.05) is 77.8 Å². The zero-order chi connectivity index (χ0) is 58.4. The number of rotatable bonds is 20. The van der Waals surface area contributed by atoms with Gasteiger partial charge in [-0.25, -0.2) is 9.97 Å². The van der Waals surface area contributed by atoms with E-state index in [1.807, 2.05) is 100 Å². The van der Waals surface area contributed by atoms with Gasteiger partial charge >= 0.3 is 0 Å². The predicted octanol–water partition coefficient (Wildman–Crippen LogP) is 7.44. The summed E-state index contributed by atoms with van der Waals surface area (Å²) in [4.78, 5) is 117. The van der Waals surface area contributed by atoms with E-state index in [1.165, 1.54) is 12.5 Å². The molecule has 4 aliphatic rings. The molecule has 1 saturated carbocycles. The lowest BCUT2D eigenvalue weighted by atomic mass is 9.83. The summed E-state index contributed by atoms with van der Waals surface area (Å²) >= 11 is 0. The Balaban J connectivity index is 0.742. The van der Waals surface area contributed by atoms with Crippen LogP contribution < -0.4 is 25.8 Å². The molecule has 1 saturated heterocycles. The largest absolute Gasteiger partial charge is 0.486 e. The zero-order valence-corrected chi connectivity index (χ0v) is 49.2. The van der Waals surface area contributed by atoms with Crippen LogP contribution in [0.1, 0.15) is 161 Å². The summed E-state index contributed by atoms with van der Waals surface area (Å²) in [6, 6.07) is 15.9. The Labute approximate surface area is 481 Å². The molecule has 2 fully saturated rings. The summed E-state index contributed by atoms with van der Waals surface area (Å²) in [6.07, 6.45) is 12.2. The van der Waals surface area contributed by atoms with Gasteiger partial charge in [0.05, 0.1) is 36.5 Å². The van der Waals surface area contributed by atoms with E-state index in [1.54, 1.807) is 22.6 Å². The maximum atomic E-state index is 14.8. The van der Waals surface area contributed by atoms with Gasteiger partial charge in [-0.05, 0) is 130 Å². The SMILES string of the molecule is CC[C@@H](C)C(=O)N[C@H](C(=O)N1Cc2cc(OCC(=O)CCCN(C)CC(=O)N3CCN(c4ccc(Cc5ncc6c(C)c(C(C)=O)c(=O)n(C7CCCC7)c6n5)nc4)CC3)ccc2C[C@H]1C(=O)N[C@@H]1CCCc2ccccc21)C(C)(C)C. The van der Waals surface area contributed by atoms with E-state index in [9.17, 15) is 33.6 Å². The molecule has 0 spiro atoms. The summed E-state index contributed by atoms with van der Waals surface area (Å²) < 4.78 is 7.79. The minimum atomic E-state index is -0.879. The number of anilines is 1. The topological polar surface area (TPSA) is 209 Å². The van der Waals surface area contributed by atoms with E-state index in [4.69, 9.17) is 14.7 Å². The average molecular weight is 1120 g/mol. The number of ketones is 2. The van der Waals surface area contributed by atoms with Gasteiger partial charge in [0.15, 0.2) is 11.6 Å². The molecule has 436 valence electrons. The van der Waals surface area contributed by atoms with Gasteiger partial charge in [0, 0.05) is 74.8 Å². The lowest BCUT2D eigenvalue weighted by Gasteiger charge is -2.41. The Morgan fingerprint density at radius 1 is 0.890 bits per heavy atom. The minimum absolute atomic E-state index is 0.00381. The number of Topliss-reactive ketones (excluding diaryl/α,β-unsaturated/α-hetero) is 2. The third kappa shape index (κ3) is 13.6. The van der Waals surface area contributed by atoms with Crippen LogP contribution >= 0.6 is 0 Å². The van der Waals surface area contributed by atoms with Gasteiger partial charge in [0.2, 0.25) is 23.6 Å². The highest BCUT2D eigenvalue weighted by Crippen LogP contribution is 2.35. The van der Waals surface area contributed by atoms with Gasteiger partial charge in [0.25, 0.3) is 5.56 Å². The first kappa shape index (κ1) is 59.3. The van der Waals surface area contributed by atoms with Crippen LogP contribution in [0.2, 0.25) is 0 Å². The molecule has 2 aliphatic heterocycles. The fraction of sp³-hybridized carbons (Fsp3) is 0.531. The number of carbonyl (C=O) groups is 6. The first-order valence-corrected chi connectivity index (χ1v) is 29.6. The average Bonchev–Trinajstić information content (AvgIpc) is 3.65. The molecular weight excluding hydrogens is 1040 g/mol. The third-order valence-corrected chi connectivity index (χ3v) is 17.3. The fourth-order valence-electron chi connectivity index (χ4n) is 12.2. The van der Waals surface area contributed by atoms with Crippen molar-refractivity contribution in [1.82, 2.24) is 44.9 Å². The summed E-state index contributed by atoms with van der Waals surface area (Å²) in [6.45, 7) is 16.0. The van der Waals surface area contributed by atoms with Crippen molar-refractivity contribution in [3.05, 3.63) is 122 Å². The molecule has 0 bridgehead atoms. The predicted molar refractivity (Wildman–Crippen MR) is 315 cm³/mol. The van der Waals surface area contributed by atoms with Crippen LogP contribution in [0.5, 0.6) is 5.75 Å². The standard InChI is InChI=1S/C64H82N10O8/c1-9-40(2)60(78)69-58(64(5,6)7)63(81)73-37-45-32-50(26-23-44(45)33-54(73)61(79)67-53-22-14-17-43-16-10-13-21-51(43)53)82-39-49(76)20-15-27-70(8)38-56(77)72-30-28-71(29-31-72)48-25-24-46(65-35-48)34-55-66-36-52-41(3)57(42(4)75)62(80)74(59(52)68-55)47-18-11-12-19-47/h10,13,16,21,23-26,32,35-36,40,47,53-54,58H,9,11-12,14-15,17-20,22,27-31,33-34,37-39H2,1-8H3,(H,67,79)(H,69,78)/t40-,53-,54+,58-/m1/s1. The summed E-state index contributed by atoms with van der Waals surface area (Å²) in [5.74, 6) is -0.310. The smallest absolute Gasteiger partial charge is 0.263 e.